The number of nitrogens with one attached hydrogen (secondary N) is 2. The number of piperidine rings is 1. The van der Waals surface area contributed by atoms with E-state index in [2.05, 4.69) is 35.8 Å². The number of rotatable bonds is 2. The zero-order chi connectivity index (χ0) is 8.93. The van der Waals surface area contributed by atoms with Crippen LogP contribution < -0.4 is 10.4 Å². The van der Waals surface area contributed by atoms with Crippen LogP contribution in [0, 0.1) is 0 Å². The van der Waals surface area contributed by atoms with Gasteiger partial charge in [-0.3, -0.25) is 0 Å². The van der Waals surface area contributed by atoms with Gasteiger partial charge in [0.05, 0.1) is 18.8 Å². The van der Waals surface area contributed by atoms with Crippen molar-refractivity contribution in [2.45, 2.75) is 19.3 Å². The Morgan fingerprint density at radius 3 is 2.31 bits per heavy atom. The molecule has 13 heavy (non-hydrogen) atoms. The van der Waals surface area contributed by atoms with E-state index >= 15 is 0 Å². The zero-order valence-electron chi connectivity index (χ0n) is 7.92. The van der Waals surface area contributed by atoms with Crippen molar-refractivity contribution in [2.24, 2.45) is 0 Å². The molecule has 0 atom stereocenters. The van der Waals surface area contributed by atoms with Crippen LogP contribution in [0.1, 0.15) is 19.3 Å². The van der Waals surface area contributed by atoms with E-state index in [9.17, 15) is 0 Å². The molecular formula is C11H17N2+. The molecule has 0 saturated carbocycles. The Bertz CT molecular complexity index is 240. The summed E-state index contributed by atoms with van der Waals surface area (Å²) >= 11 is 0. The summed E-state index contributed by atoms with van der Waals surface area (Å²) in [6, 6.07) is 10.5. The van der Waals surface area contributed by atoms with E-state index in [4.69, 9.17) is 0 Å². The number of hydrogen-bond acceptors (Lipinski definition) is 1. The molecule has 1 saturated heterocycles. The second kappa shape index (κ2) is 4.28. The SMILES string of the molecule is c1ccc(N[NH+]2CCCCC2)cc1. The first-order valence-electron chi connectivity index (χ1n) is 5.12. The zero-order valence-corrected chi connectivity index (χ0v) is 7.92. The van der Waals surface area contributed by atoms with Crippen LogP contribution in [-0.4, -0.2) is 13.1 Å². The summed E-state index contributed by atoms with van der Waals surface area (Å²) in [6.45, 7) is 2.52. The van der Waals surface area contributed by atoms with Gasteiger partial charge in [0.1, 0.15) is 0 Å². The van der Waals surface area contributed by atoms with Crippen molar-refractivity contribution in [3.63, 3.8) is 0 Å². The van der Waals surface area contributed by atoms with Gasteiger partial charge in [0.15, 0.2) is 0 Å². The Labute approximate surface area is 79.5 Å². The van der Waals surface area contributed by atoms with Gasteiger partial charge in [-0.2, -0.15) is 0 Å². The first-order valence-corrected chi connectivity index (χ1v) is 5.12. The Kier molecular flexibility index (Phi) is 2.82. The lowest BCUT2D eigenvalue weighted by Crippen LogP contribution is -3.15. The van der Waals surface area contributed by atoms with Gasteiger partial charge in [0.2, 0.25) is 0 Å². The minimum atomic E-state index is 1.24. The van der Waals surface area contributed by atoms with Gasteiger partial charge >= 0.3 is 0 Å². The highest BCUT2D eigenvalue weighted by Gasteiger charge is 2.12. The Morgan fingerprint density at radius 1 is 0.923 bits per heavy atom. The van der Waals surface area contributed by atoms with Crippen LogP contribution in [0.2, 0.25) is 0 Å². The second-order valence-corrected chi connectivity index (χ2v) is 3.66. The van der Waals surface area contributed by atoms with E-state index in [0.29, 0.717) is 0 Å². The smallest absolute Gasteiger partial charge is 0.0993 e. The van der Waals surface area contributed by atoms with Crippen molar-refractivity contribution in [3.05, 3.63) is 30.3 Å². The first kappa shape index (κ1) is 8.57. The largest absolute Gasteiger partial charge is 0.238 e. The molecule has 0 aliphatic carbocycles. The maximum absolute atomic E-state index is 3.50. The third-order valence-electron chi connectivity index (χ3n) is 2.55. The quantitative estimate of drug-likeness (QED) is 0.691. The molecule has 1 aliphatic heterocycles. The standard InChI is InChI=1S/C11H16N2/c1-3-7-11(8-4-1)12-13-9-5-2-6-10-13/h1,3-4,7-8,12H,2,5-6,9-10H2/p+1. The molecule has 0 bridgehead atoms. The van der Waals surface area contributed by atoms with E-state index in [1.165, 1.54) is 43.0 Å². The molecule has 0 amide bonds. The fourth-order valence-electron chi connectivity index (χ4n) is 1.83. The Morgan fingerprint density at radius 2 is 1.62 bits per heavy atom. The monoisotopic (exact) mass is 177 g/mol. The van der Waals surface area contributed by atoms with Gasteiger partial charge in [-0.1, -0.05) is 18.2 Å². The molecule has 1 fully saturated rings. The maximum atomic E-state index is 3.50. The molecule has 0 spiro atoms. The van der Waals surface area contributed by atoms with Crippen molar-refractivity contribution < 1.29 is 5.01 Å². The fourth-order valence-corrected chi connectivity index (χ4v) is 1.83. The van der Waals surface area contributed by atoms with E-state index in [0.717, 1.165) is 0 Å². The van der Waals surface area contributed by atoms with Crippen LogP contribution in [0.25, 0.3) is 0 Å². The predicted octanol–water partition coefficient (Wildman–Crippen LogP) is 1.08. The van der Waals surface area contributed by atoms with Gasteiger partial charge in [0, 0.05) is 0 Å². The minimum absolute atomic E-state index is 1.24. The number of quaternary nitrogens is 1. The lowest BCUT2D eigenvalue weighted by Gasteiger charge is -2.23. The van der Waals surface area contributed by atoms with E-state index in [1.807, 2.05) is 0 Å². The van der Waals surface area contributed by atoms with Crippen LogP contribution in [-0.2, 0) is 0 Å². The van der Waals surface area contributed by atoms with Crippen LogP contribution in [0.5, 0.6) is 0 Å². The van der Waals surface area contributed by atoms with Crippen LogP contribution >= 0.6 is 0 Å². The number of para-hydroxylation sites is 1. The van der Waals surface area contributed by atoms with E-state index in [1.54, 1.807) is 0 Å². The van der Waals surface area contributed by atoms with Crippen molar-refractivity contribution >= 4 is 5.69 Å². The highest BCUT2D eigenvalue weighted by atomic mass is 15.5. The predicted molar refractivity (Wildman–Crippen MR) is 54.6 cm³/mol. The fraction of sp³-hybridized carbons (Fsp3) is 0.455. The van der Waals surface area contributed by atoms with Crippen LogP contribution in [0.3, 0.4) is 0 Å². The summed E-state index contributed by atoms with van der Waals surface area (Å²) < 4.78 is 0. The molecular weight excluding hydrogens is 160 g/mol. The molecule has 70 valence electrons. The van der Waals surface area contributed by atoms with Gasteiger partial charge in [-0.25, -0.2) is 10.4 Å². The van der Waals surface area contributed by atoms with Crippen LogP contribution in [0.15, 0.2) is 30.3 Å². The van der Waals surface area contributed by atoms with Gasteiger partial charge in [0.25, 0.3) is 0 Å². The molecule has 1 aliphatic rings. The molecule has 2 rings (SSSR count). The van der Waals surface area contributed by atoms with E-state index < -0.39 is 0 Å². The third-order valence-corrected chi connectivity index (χ3v) is 2.55. The molecule has 1 aromatic rings. The summed E-state index contributed by atoms with van der Waals surface area (Å²) in [5.74, 6) is 0. The summed E-state index contributed by atoms with van der Waals surface area (Å²) in [4.78, 5) is 0. The summed E-state index contributed by atoms with van der Waals surface area (Å²) in [5, 5.41) is 1.51. The highest BCUT2D eigenvalue weighted by molar-refractivity contribution is 5.39. The van der Waals surface area contributed by atoms with Gasteiger partial charge in [-0.05, 0) is 31.4 Å². The molecule has 2 heteroatoms. The minimum Gasteiger partial charge on any atom is -0.238 e. The molecule has 0 radical (unpaired) electrons. The van der Waals surface area contributed by atoms with Gasteiger partial charge in [-0.15, -0.1) is 0 Å². The van der Waals surface area contributed by atoms with E-state index in [-0.39, 0.29) is 0 Å². The molecule has 0 aromatic heterocycles. The molecule has 2 N–H and O–H groups in total. The van der Waals surface area contributed by atoms with Crippen molar-refractivity contribution in [3.8, 4) is 0 Å². The first-order chi connectivity index (χ1) is 6.45. The highest BCUT2D eigenvalue weighted by Crippen LogP contribution is 2.02. The van der Waals surface area contributed by atoms with Gasteiger partial charge < -0.3 is 0 Å². The van der Waals surface area contributed by atoms with Crippen molar-refractivity contribution in [1.82, 2.24) is 0 Å². The lowest BCUT2D eigenvalue weighted by molar-refractivity contribution is -0.882. The number of benzene rings is 1. The average molecular weight is 177 g/mol. The summed E-state index contributed by atoms with van der Waals surface area (Å²) in [6.07, 6.45) is 4.12. The lowest BCUT2D eigenvalue weighted by atomic mass is 10.2. The van der Waals surface area contributed by atoms with Crippen molar-refractivity contribution in [2.75, 3.05) is 18.5 Å². The normalized spacial score (nSPS) is 18.5. The molecule has 1 aromatic carbocycles. The molecule has 0 unspecified atom stereocenters. The van der Waals surface area contributed by atoms with Crippen molar-refractivity contribution in [1.29, 1.82) is 0 Å². The number of anilines is 1. The van der Waals surface area contributed by atoms with Crippen LogP contribution in [0.4, 0.5) is 5.69 Å². The maximum Gasteiger partial charge on any atom is 0.0993 e. The molecule has 2 nitrogen and oxygen atoms in total. The topological polar surface area (TPSA) is 16.5 Å². The number of hydrogen-bond donors (Lipinski definition) is 2. The Balaban J connectivity index is 1.90. The second-order valence-electron chi connectivity index (χ2n) is 3.66. The summed E-state index contributed by atoms with van der Waals surface area (Å²) in [5.41, 5.74) is 4.73. The third kappa shape index (κ3) is 2.46. The summed E-state index contributed by atoms with van der Waals surface area (Å²) in [7, 11) is 0. The molecule has 1 heterocycles. The Hall–Kier alpha value is -1.02. The average Bonchev–Trinajstić information content (AvgIpc) is 2.21.